The van der Waals surface area contributed by atoms with Crippen LogP contribution in [0.5, 0.6) is 0 Å². The zero-order valence-electron chi connectivity index (χ0n) is 11.7. The number of benzene rings is 2. The van der Waals surface area contributed by atoms with Gasteiger partial charge in [-0.1, -0.05) is 60.7 Å². The molecule has 0 saturated heterocycles. The topological polar surface area (TPSA) is 41.6 Å². The van der Waals surface area contributed by atoms with Gasteiger partial charge in [0, 0.05) is 6.54 Å². The Balaban J connectivity index is 1.92. The van der Waals surface area contributed by atoms with Crippen molar-refractivity contribution in [3.05, 3.63) is 71.8 Å². The highest BCUT2D eigenvalue weighted by molar-refractivity contribution is 5.81. The van der Waals surface area contributed by atoms with E-state index in [1.165, 1.54) is 11.1 Å². The molecule has 2 aromatic rings. The molecule has 0 aromatic heterocycles. The van der Waals surface area contributed by atoms with Gasteiger partial charge in [0.1, 0.15) is 0 Å². The smallest absolute Gasteiger partial charge is 0.192 e. The highest BCUT2D eigenvalue weighted by atomic mass is 15.3. The molecule has 0 spiro atoms. The van der Waals surface area contributed by atoms with Gasteiger partial charge in [-0.25, -0.2) is 0 Å². The number of nitrogens with two attached hydrogens (primary N) is 1. The van der Waals surface area contributed by atoms with Gasteiger partial charge < -0.3 is 10.6 Å². The first-order chi connectivity index (χ1) is 9.70. The molecule has 102 valence electrons. The molecule has 20 heavy (non-hydrogen) atoms. The lowest BCUT2D eigenvalue weighted by Crippen LogP contribution is -2.46. The van der Waals surface area contributed by atoms with Crippen molar-refractivity contribution in [1.82, 2.24) is 4.90 Å². The SMILES string of the molecule is CC1(c2ccccc2)CN=C(N)N1Cc1ccccc1. The van der Waals surface area contributed by atoms with Gasteiger partial charge in [-0.3, -0.25) is 4.99 Å². The van der Waals surface area contributed by atoms with Gasteiger partial charge in [-0.05, 0) is 18.1 Å². The molecule has 0 amide bonds. The molecular formula is C17H19N3. The van der Waals surface area contributed by atoms with E-state index in [-0.39, 0.29) is 5.54 Å². The summed E-state index contributed by atoms with van der Waals surface area (Å²) in [6.07, 6.45) is 0. The van der Waals surface area contributed by atoms with E-state index in [1.807, 2.05) is 12.1 Å². The molecule has 0 saturated carbocycles. The largest absolute Gasteiger partial charge is 0.370 e. The molecule has 3 heteroatoms. The van der Waals surface area contributed by atoms with E-state index >= 15 is 0 Å². The number of guanidine groups is 1. The lowest BCUT2D eigenvalue weighted by Gasteiger charge is -2.36. The first kappa shape index (κ1) is 12.7. The third-order valence-corrected chi connectivity index (χ3v) is 4.00. The number of hydrogen-bond acceptors (Lipinski definition) is 3. The third kappa shape index (κ3) is 2.16. The second-order valence-corrected chi connectivity index (χ2v) is 5.39. The van der Waals surface area contributed by atoms with Gasteiger partial charge in [-0.2, -0.15) is 0 Å². The molecule has 3 nitrogen and oxygen atoms in total. The van der Waals surface area contributed by atoms with Crippen LogP contribution in [0.15, 0.2) is 65.7 Å². The highest BCUT2D eigenvalue weighted by Gasteiger charge is 2.39. The highest BCUT2D eigenvalue weighted by Crippen LogP contribution is 2.33. The fourth-order valence-electron chi connectivity index (χ4n) is 2.72. The molecule has 3 rings (SSSR count). The van der Waals surface area contributed by atoms with Crippen LogP contribution in [0.2, 0.25) is 0 Å². The predicted octanol–water partition coefficient (Wildman–Crippen LogP) is 2.73. The molecule has 1 heterocycles. The molecule has 1 aliphatic heterocycles. The summed E-state index contributed by atoms with van der Waals surface area (Å²) in [6.45, 7) is 3.69. The van der Waals surface area contributed by atoms with Crippen molar-refractivity contribution in [3.8, 4) is 0 Å². The van der Waals surface area contributed by atoms with Crippen LogP contribution in [0.1, 0.15) is 18.1 Å². The normalized spacial score (nSPS) is 21.9. The van der Waals surface area contributed by atoms with E-state index in [2.05, 4.69) is 65.3 Å². The van der Waals surface area contributed by atoms with E-state index in [4.69, 9.17) is 5.73 Å². The van der Waals surface area contributed by atoms with E-state index in [1.54, 1.807) is 0 Å². The number of rotatable bonds is 3. The number of aliphatic imine (C=N–C) groups is 1. The monoisotopic (exact) mass is 265 g/mol. The van der Waals surface area contributed by atoms with Gasteiger partial charge >= 0.3 is 0 Å². The van der Waals surface area contributed by atoms with Crippen molar-refractivity contribution >= 4 is 5.96 Å². The Labute approximate surface area is 119 Å². The molecule has 0 radical (unpaired) electrons. The second-order valence-electron chi connectivity index (χ2n) is 5.39. The van der Waals surface area contributed by atoms with E-state index in [9.17, 15) is 0 Å². The fraction of sp³-hybridized carbons (Fsp3) is 0.235. The quantitative estimate of drug-likeness (QED) is 0.927. The molecule has 0 aliphatic carbocycles. The van der Waals surface area contributed by atoms with Gasteiger partial charge in [0.2, 0.25) is 0 Å². The van der Waals surface area contributed by atoms with Crippen molar-refractivity contribution in [2.75, 3.05) is 6.54 Å². The minimum Gasteiger partial charge on any atom is -0.370 e. The summed E-state index contributed by atoms with van der Waals surface area (Å²) in [5.74, 6) is 0.625. The number of nitrogens with zero attached hydrogens (tertiary/aromatic N) is 2. The summed E-state index contributed by atoms with van der Waals surface area (Å²) in [5, 5.41) is 0. The molecule has 1 unspecified atom stereocenters. The van der Waals surface area contributed by atoms with Crippen molar-refractivity contribution in [3.63, 3.8) is 0 Å². The summed E-state index contributed by atoms with van der Waals surface area (Å²) in [7, 11) is 0. The first-order valence-corrected chi connectivity index (χ1v) is 6.87. The Morgan fingerprint density at radius 1 is 1.05 bits per heavy atom. The predicted molar refractivity (Wildman–Crippen MR) is 82.3 cm³/mol. The van der Waals surface area contributed by atoms with Crippen molar-refractivity contribution in [1.29, 1.82) is 0 Å². The lowest BCUT2D eigenvalue weighted by molar-refractivity contribution is 0.217. The summed E-state index contributed by atoms with van der Waals surface area (Å²) >= 11 is 0. The van der Waals surface area contributed by atoms with Gasteiger partial charge in [0.05, 0.1) is 12.1 Å². The van der Waals surface area contributed by atoms with E-state index in [0.29, 0.717) is 12.5 Å². The van der Waals surface area contributed by atoms with Crippen molar-refractivity contribution in [2.45, 2.75) is 19.0 Å². The molecular weight excluding hydrogens is 246 g/mol. The first-order valence-electron chi connectivity index (χ1n) is 6.87. The van der Waals surface area contributed by atoms with Crippen LogP contribution in [0.4, 0.5) is 0 Å². The average Bonchev–Trinajstić information content (AvgIpc) is 2.79. The zero-order chi connectivity index (χ0) is 14.0. The maximum Gasteiger partial charge on any atom is 0.192 e. The van der Waals surface area contributed by atoms with Crippen LogP contribution in [-0.2, 0) is 12.1 Å². The Morgan fingerprint density at radius 3 is 2.30 bits per heavy atom. The molecule has 2 aromatic carbocycles. The molecule has 1 atom stereocenters. The summed E-state index contributed by atoms with van der Waals surface area (Å²) in [4.78, 5) is 6.66. The van der Waals surface area contributed by atoms with Crippen LogP contribution in [0.3, 0.4) is 0 Å². The molecule has 0 fully saturated rings. The zero-order valence-corrected chi connectivity index (χ0v) is 11.7. The third-order valence-electron chi connectivity index (χ3n) is 4.00. The lowest BCUT2D eigenvalue weighted by atomic mass is 9.91. The van der Waals surface area contributed by atoms with Crippen LogP contribution in [-0.4, -0.2) is 17.4 Å². The Morgan fingerprint density at radius 2 is 1.65 bits per heavy atom. The van der Waals surface area contributed by atoms with Crippen LogP contribution in [0, 0.1) is 0 Å². The second kappa shape index (κ2) is 5.00. The van der Waals surface area contributed by atoms with Crippen LogP contribution in [0.25, 0.3) is 0 Å². The average molecular weight is 265 g/mol. The summed E-state index contributed by atoms with van der Waals surface area (Å²) < 4.78 is 0. The van der Waals surface area contributed by atoms with E-state index in [0.717, 1.165) is 6.54 Å². The van der Waals surface area contributed by atoms with Crippen LogP contribution < -0.4 is 5.73 Å². The maximum atomic E-state index is 6.12. The summed E-state index contributed by atoms with van der Waals surface area (Å²) in [6, 6.07) is 20.8. The van der Waals surface area contributed by atoms with E-state index < -0.39 is 0 Å². The molecule has 0 bridgehead atoms. The minimum atomic E-state index is -0.165. The Bertz CT molecular complexity index is 607. The van der Waals surface area contributed by atoms with Crippen molar-refractivity contribution in [2.24, 2.45) is 10.7 Å². The minimum absolute atomic E-state index is 0.165. The van der Waals surface area contributed by atoms with Gasteiger partial charge in [0.25, 0.3) is 0 Å². The van der Waals surface area contributed by atoms with Gasteiger partial charge in [-0.15, -0.1) is 0 Å². The van der Waals surface area contributed by atoms with Crippen molar-refractivity contribution < 1.29 is 0 Å². The number of hydrogen-bond donors (Lipinski definition) is 1. The fourth-order valence-corrected chi connectivity index (χ4v) is 2.72. The van der Waals surface area contributed by atoms with Crippen LogP contribution >= 0.6 is 0 Å². The Hall–Kier alpha value is -2.29. The maximum absolute atomic E-state index is 6.12. The Kier molecular flexibility index (Phi) is 3.18. The molecule has 2 N–H and O–H groups in total. The molecule has 1 aliphatic rings. The summed E-state index contributed by atoms with van der Waals surface area (Å²) in [5.41, 5.74) is 8.45. The van der Waals surface area contributed by atoms with Gasteiger partial charge in [0.15, 0.2) is 5.96 Å². The standard InChI is InChI=1S/C17H19N3/c1-17(15-10-6-3-7-11-15)13-19-16(18)20(17)12-14-8-4-2-5-9-14/h2-11H,12-13H2,1H3,(H2,18,19).